The summed E-state index contributed by atoms with van der Waals surface area (Å²) in [6, 6.07) is 0. The van der Waals surface area contributed by atoms with Crippen LogP contribution in [0.2, 0.25) is 0 Å². The first-order valence-corrected chi connectivity index (χ1v) is 5.87. The van der Waals surface area contributed by atoms with Gasteiger partial charge in [-0.15, -0.1) is 5.10 Å². The Morgan fingerprint density at radius 2 is 2.50 bits per heavy atom. The third kappa shape index (κ3) is 1.39. The number of aromatic nitrogens is 3. The van der Waals surface area contributed by atoms with Crippen LogP contribution in [0.25, 0.3) is 4.96 Å². The molecule has 0 aliphatic carbocycles. The molecule has 4 nitrogen and oxygen atoms in total. The van der Waals surface area contributed by atoms with E-state index < -0.39 is 0 Å². The summed E-state index contributed by atoms with van der Waals surface area (Å²) < 4.78 is 2.54. The van der Waals surface area contributed by atoms with Gasteiger partial charge in [0.1, 0.15) is 0 Å². The minimum atomic E-state index is -0.179. The molecule has 7 heteroatoms. The van der Waals surface area contributed by atoms with Crippen LogP contribution in [0.3, 0.4) is 0 Å². The Labute approximate surface area is 80.4 Å². The van der Waals surface area contributed by atoms with E-state index in [1.807, 2.05) is 0 Å². The maximum Gasteiger partial charge on any atom is 0.346 e. The van der Waals surface area contributed by atoms with Crippen LogP contribution in [0.4, 0.5) is 0 Å². The van der Waals surface area contributed by atoms with Gasteiger partial charge >= 0.3 is 4.87 Å². The van der Waals surface area contributed by atoms with Gasteiger partial charge in [-0.05, 0) is 5.75 Å². The molecule has 0 saturated carbocycles. The van der Waals surface area contributed by atoms with Crippen molar-refractivity contribution in [2.24, 2.45) is 0 Å². The third-order valence-corrected chi connectivity index (χ3v) is 3.85. The van der Waals surface area contributed by atoms with Crippen molar-refractivity contribution in [3.8, 4) is 0 Å². The standard InChI is InChI=1S/C5H5N3OS3/c1-2-10-5-7-8-3(11-5)6-4(9)12-8/h2H2,1H3. The van der Waals surface area contributed by atoms with Crippen LogP contribution >= 0.6 is 34.6 Å². The quantitative estimate of drug-likeness (QED) is 0.715. The highest BCUT2D eigenvalue weighted by atomic mass is 32.2. The van der Waals surface area contributed by atoms with E-state index in [1.54, 1.807) is 15.7 Å². The molecular weight excluding hydrogens is 214 g/mol. The first-order valence-electron chi connectivity index (χ1n) is 3.29. The molecule has 0 amide bonds. The van der Waals surface area contributed by atoms with Gasteiger partial charge in [-0.1, -0.05) is 30.0 Å². The average Bonchev–Trinajstić information content (AvgIpc) is 2.44. The van der Waals surface area contributed by atoms with Crippen LogP contribution in [0.15, 0.2) is 9.13 Å². The second kappa shape index (κ2) is 3.15. The maximum absolute atomic E-state index is 10.8. The fourth-order valence-electron chi connectivity index (χ4n) is 0.734. The third-order valence-electron chi connectivity index (χ3n) is 1.13. The van der Waals surface area contributed by atoms with Crippen LogP contribution in [-0.4, -0.2) is 19.7 Å². The molecule has 0 N–H and O–H groups in total. The fourth-order valence-corrected chi connectivity index (χ4v) is 3.36. The van der Waals surface area contributed by atoms with Crippen molar-refractivity contribution in [3.63, 3.8) is 0 Å². The normalized spacial score (nSPS) is 11.1. The van der Waals surface area contributed by atoms with Crippen LogP contribution < -0.4 is 4.87 Å². The number of thioether (sulfide) groups is 1. The number of fused-ring (bicyclic) bond motifs is 1. The van der Waals surface area contributed by atoms with Crippen molar-refractivity contribution >= 4 is 39.6 Å². The Bertz CT molecular complexity index is 407. The maximum atomic E-state index is 10.8. The van der Waals surface area contributed by atoms with Crippen molar-refractivity contribution in [1.29, 1.82) is 0 Å². The summed E-state index contributed by atoms with van der Waals surface area (Å²) in [6.45, 7) is 2.07. The van der Waals surface area contributed by atoms with E-state index in [9.17, 15) is 4.79 Å². The number of nitrogens with zero attached hydrogens (tertiary/aromatic N) is 3. The summed E-state index contributed by atoms with van der Waals surface area (Å²) in [7, 11) is 0. The van der Waals surface area contributed by atoms with Gasteiger partial charge < -0.3 is 0 Å². The van der Waals surface area contributed by atoms with E-state index in [-0.39, 0.29) is 4.87 Å². The highest BCUT2D eigenvalue weighted by Gasteiger charge is 2.06. The van der Waals surface area contributed by atoms with Crippen LogP contribution in [0, 0.1) is 0 Å². The summed E-state index contributed by atoms with van der Waals surface area (Å²) in [6.07, 6.45) is 0. The zero-order valence-corrected chi connectivity index (χ0v) is 8.63. The van der Waals surface area contributed by atoms with Gasteiger partial charge in [0.15, 0.2) is 4.34 Å². The van der Waals surface area contributed by atoms with Crippen molar-refractivity contribution in [2.45, 2.75) is 11.3 Å². The predicted octanol–water partition coefficient (Wildman–Crippen LogP) is 1.32. The lowest BCUT2D eigenvalue weighted by Crippen LogP contribution is -1.89. The van der Waals surface area contributed by atoms with E-state index in [1.165, 1.54) is 11.3 Å². The summed E-state index contributed by atoms with van der Waals surface area (Å²) in [5.41, 5.74) is 0. The molecule has 0 bridgehead atoms. The average molecular weight is 219 g/mol. The Balaban J connectivity index is 2.50. The van der Waals surface area contributed by atoms with Gasteiger partial charge in [-0.2, -0.15) is 8.89 Å². The number of hydrogen-bond donors (Lipinski definition) is 0. The second-order valence-electron chi connectivity index (χ2n) is 1.93. The Kier molecular flexibility index (Phi) is 2.16. The molecule has 0 atom stereocenters. The Hall–Kier alpha value is -0.400. The van der Waals surface area contributed by atoms with Gasteiger partial charge in [-0.25, -0.2) is 0 Å². The number of rotatable bonds is 2. The molecule has 2 rings (SSSR count). The second-order valence-corrected chi connectivity index (χ2v) is 5.27. The zero-order chi connectivity index (χ0) is 8.55. The van der Waals surface area contributed by atoms with Crippen LogP contribution in [0.5, 0.6) is 0 Å². The highest BCUT2D eigenvalue weighted by molar-refractivity contribution is 8.01. The fraction of sp³-hybridized carbons (Fsp3) is 0.400. The van der Waals surface area contributed by atoms with Crippen LogP contribution in [-0.2, 0) is 0 Å². The summed E-state index contributed by atoms with van der Waals surface area (Å²) in [5, 5.41) is 4.18. The lowest BCUT2D eigenvalue weighted by Gasteiger charge is -1.83. The van der Waals surface area contributed by atoms with Crippen molar-refractivity contribution in [1.82, 2.24) is 14.0 Å². The largest absolute Gasteiger partial charge is 0.346 e. The molecule has 0 radical (unpaired) electrons. The lowest BCUT2D eigenvalue weighted by molar-refractivity contribution is 0.983. The predicted molar refractivity (Wildman–Crippen MR) is 51.4 cm³/mol. The molecule has 2 aromatic heterocycles. The molecule has 12 heavy (non-hydrogen) atoms. The van der Waals surface area contributed by atoms with Crippen LogP contribution in [0.1, 0.15) is 6.92 Å². The summed E-state index contributed by atoms with van der Waals surface area (Å²) in [4.78, 5) is 15.1. The Morgan fingerprint density at radius 1 is 1.67 bits per heavy atom. The van der Waals surface area contributed by atoms with Gasteiger partial charge in [0, 0.05) is 11.5 Å². The van der Waals surface area contributed by atoms with E-state index in [0.717, 1.165) is 21.6 Å². The van der Waals surface area contributed by atoms with E-state index in [4.69, 9.17) is 0 Å². The molecule has 2 heterocycles. The van der Waals surface area contributed by atoms with Gasteiger partial charge in [-0.3, -0.25) is 4.79 Å². The molecule has 64 valence electrons. The molecule has 0 aliphatic rings. The monoisotopic (exact) mass is 219 g/mol. The molecule has 0 aromatic carbocycles. The first-order chi connectivity index (χ1) is 5.79. The SMILES string of the molecule is CCSc1nn2sc(=O)nc2s1. The van der Waals surface area contributed by atoms with Gasteiger partial charge in [0.25, 0.3) is 0 Å². The minimum absolute atomic E-state index is 0.179. The smallest absolute Gasteiger partial charge is 0.253 e. The molecule has 0 fully saturated rings. The van der Waals surface area contributed by atoms with Gasteiger partial charge in [0.05, 0.1) is 0 Å². The molecule has 0 unspecified atom stereocenters. The topological polar surface area (TPSA) is 47.3 Å². The van der Waals surface area contributed by atoms with Crippen molar-refractivity contribution in [3.05, 3.63) is 9.67 Å². The first kappa shape index (κ1) is 8.21. The molecule has 0 saturated heterocycles. The number of hydrogen-bond acceptors (Lipinski definition) is 6. The Morgan fingerprint density at radius 3 is 3.17 bits per heavy atom. The molecule has 0 spiro atoms. The summed E-state index contributed by atoms with van der Waals surface area (Å²) >= 11 is 4.15. The molecular formula is C5H5N3OS3. The van der Waals surface area contributed by atoms with Crippen molar-refractivity contribution < 1.29 is 0 Å². The zero-order valence-electron chi connectivity index (χ0n) is 6.18. The highest BCUT2D eigenvalue weighted by Crippen LogP contribution is 2.23. The molecule has 2 aromatic rings. The van der Waals surface area contributed by atoms with Crippen molar-refractivity contribution in [2.75, 3.05) is 5.75 Å². The minimum Gasteiger partial charge on any atom is -0.253 e. The lowest BCUT2D eigenvalue weighted by atomic mass is 11.0. The van der Waals surface area contributed by atoms with E-state index in [2.05, 4.69) is 17.0 Å². The van der Waals surface area contributed by atoms with Gasteiger partial charge in [0.2, 0.25) is 4.96 Å². The van der Waals surface area contributed by atoms with E-state index >= 15 is 0 Å². The van der Waals surface area contributed by atoms with E-state index in [0.29, 0.717) is 4.96 Å². The summed E-state index contributed by atoms with van der Waals surface area (Å²) in [5.74, 6) is 0.992. The molecule has 0 aliphatic heterocycles.